The lowest BCUT2D eigenvalue weighted by Gasteiger charge is -2.09. The SMILES string of the molecule is Cc1ccc(NC(=O)COc2ccc([N+](=O)[O-])cc2C=O)cc1. The number of carbonyl (C=O) groups is 2. The van der Waals surface area contributed by atoms with Gasteiger partial charge in [0.05, 0.1) is 10.5 Å². The molecule has 0 aliphatic heterocycles. The molecular weight excluding hydrogens is 300 g/mol. The van der Waals surface area contributed by atoms with Crippen LogP contribution < -0.4 is 10.1 Å². The number of anilines is 1. The molecule has 118 valence electrons. The van der Waals surface area contributed by atoms with Crippen LogP contribution >= 0.6 is 0 Å². The van der Waals surface area contributed by atoms with Gasteiger partial charge in [-0.25, -0.2) is 0 Å². The first-order valence-electron chi connectivity index (χ1n) is 6.72. The maximum atomic E-state index is 11.8. The lowest BCUT2D eigenvalue weighted by Crippen LogP contribution is -2.20. The molecule has 0 saturated carbocycles. The summed E-state index contributed by atoms with van der Waals surface area (Å²) in [6, 6.07) is 10.8. The Morgan fingerprint density at radius 1 is 1.26 bits per heavy atom. The minimum Gasteiger partial charge on any atom is -0.483 e. The van der Waals surface area contributed by atoms with E-state index in [0.29, 0.717) is 12.0 Å². The number of nitrogens with zero attached hydrogens (tertiary/aromatic N) is 1. The van der Waals surface area contributed by atoms with Crippen LogP contribution in [0.15, 0.2) is 42.5 Å². The highest BCUT2D eigenvalue weighted by atomic mass is 16.6. The van der Waals surface area contributed by atoms with Crippen molar-refractivity contribution in [2.75, 3.05) is 11.9 Å². The lowest BCUT2D eigenvalue weighted by molar-refractivity contribution is -0.384. The number of nitrogens with one attached hydrogen (secondary N) is 1. The molecule has 23 heavy (non-hydrogen) atoms. The lowest BCUT2D eigenvalue weighted by atomic mass is 10.2. The molecule has 0 heterocycles. The zero-order valence-corrected chi connectivity index (χ0v) is 12.3. The third kappa shape index (κ3) is 4.37. The van der Waals surface area contributed by atoms with Gasteiger partial charge in [0.25, 0.3) is 11.6 Å². The third-order valence-electron chi connectivity index (χ3n) is 3.03. The van der Waals surface area contributed by atoms with Crippen molar-refractivity contribution >= 4 is 23.6 Å². The van der Waals surface area contributed by atoms with Crippen molar-refractivity contribution in [1.82, 2.24) is 0 Å². The Labute approximate surface area is 132 Å². The molecule has 7 heteroatoms. The predicted molar refractivity (Wildman–Crippen MR) is 83.8 cm³/mol. The molecule has 0 radical (unpaired) electrons. The molecule has 2 rings (SSSR count). The van der Waals surface area contributed by atoms with Gasteiger partial charge in [-0.1, -0.05) is 17.7 Å². The number of rotatable bonds is 6. The summed E-state index contributed by atoms with van der Waals surface area (Å²) in [6.45, 7) is 1.62. The van der Waals surface area contributed by atoms with Crippen molar-refractivity contribution in [3.05, 3.63) is 63.7 Å². The maximum absolute atomic E-state index is 11.8. The van der Waals surface area contributed by atoms with E-state index in [1.807, 2.05) is 19.1 Å². The molecule has 0 spiro atoms. The van der Waals surface area contributed by atoms with E-state index >= 15 is 0 Å². The standard InChI is InChI=1S/C16H14N2O5/c1-11-2-4-13(5-3-11)17-16(20)10-23-15-7-6-14(18(21)22)8-12(15)9-19/h2-9H,10H2,1H3,(H,17,20). The van der Waals surface area contributed by atoms with E-state index in [-0.39, 0.29) is 23.6 Å². The first kappa shape index (κ1) is 16.2. The Bertz CT molecular complexity index is 741. The van der Waals surface area contributed by atoms with Crippen LogP contribution in [-0.4, -0.2) is 23.7 Å². The van der Waals surface area contributed by atoms with E-state index < -0.39 is 10.8 Å². The first-order valence-corrected chi connectivity index (χ1v) is 6.72. The van der Waals surface area contributed by atoms with E-state index in [2.05, 4.69) is 5.32 Å². The highest BCUT2D eigenvalue weighted by molar-refractivity contribution is 5.92. The van der Waals surface area contributed by atoms with Gasteiger partial charge >= 0.3 is 0 Å². The first-order chi connectivity index (χ1) is 11.0. The average Bonchev–Trinajstić information content (AvgIpc) is 2.54. The number of aryl methyl sites for hydroxylation is 1. The molecule has 1 amide bonds. The van der Waals surface area contributed by atoms with Crippen molar-refractivity contribution in [3.63, 3.8) is 0 Å². The van der Waals surface area contributed by atoms with Gasteiger partial charge in [0.15, 0.2) is 12.9 Å². The average molecular weight is 314 g/mol. The molecule has 0 fully saturated rings. The van der Waals surface area contributed by atoms with E-state index in [4.69, 9.17) is 4.74 Å². The zero-order valence-electron chi connectivity index (χ0n) is 12.3. The highest BCUT2D eigenvalue weighted by Gasteiger charge is 2.12. The smallest absolute Gasteiger partial charge is 0.270 e. The van der Waals surface area contributed by atoms with Crippen LogP contribution in [0.3, 0.4) is 0 Å². The summed E-state index contributed by atoms with van der Waals surface area (Å²) in [5.74, 6) is -0.284. The second-order valence-corrected chi connectivity index (χ2v) is 4.80. The minimum absolute atomic E-state index is 0.0161. The number of amides is 1. The maximum Gasteiger partial charge on any atom is 0.270 e. The number of benzene rings is 2. The summed E-state index contributed by atoms with van der Waals surface area (Å²) in [5.41, 5.74) is 1.50. The fourth-order valence-corrected chi connectivity index (χ4v) is 1.85. The Kier molecular flexibility index (Phi) is 5.03. The normalized spacial score (nSPS) is 9.96. The number of hydrogen-bond donors (Lipinski definition) is 1. The topological polar surface area (TPSA) is 98.5 Å². The molecule has 0 bridgehead atoms. The summed E-state index contributed by atoms with van der Waals surface area (Å²) < 4.78 is 5.25. The molecule has 0 saturated heterocycles. The van der Waals surface area contributed by atoms with Gasteiger partial charge in [0, 0.05) is 17.8 Å². The van der Waals surface area contributed by atoms with Crippen LogP contribution in [0, 0.1) is 17.0 Å². The summed E-state index contributed by atoms with van der Waals surface area (Å²) >= 11 is 0. The number of nitro benzene ring substituents is 1. The Morgan fingerprint density at radius 2 is 1.96 bits per heavy atom. The molecular formula is C16H14N2O5. The second kappa shape index (κ2) is 7.17. The summed E-state index contributed by atoms with van der Waals surface area (Å²) in [7, 11) is 0. The second-order valence-electron chi connectivity index (χ2n) is 4.80. The van der Waals surface area contributed by atoms with Crippen LogP contribution in [-0.2, 0) is 4.79 Å². The molecule has 7 nitrogen and oxygen atoms in total. The van der Waals surface area contributed by atoms with E-state index in [1.54, 1.807) is 12.1 Å². The van der Waals surface area contributed by atoms with Crippen molar-refractivity contribution in [2.24, 2.45) is 0 Å². The molecule has 0 aliphatic rings. The van der Waals surface area contributed by atoms with Crippen LogP contribution in [0.25, 0.3) is 0 Å². The molecule has 0 atom stereocenters. The number of non-ortho nitro benzene ring substituents is 1. The van der Waals surface area contributed by atoms with E-state index in [1.165, 1.54) is 12.1 Å². The monoisotopic (exact) mass is 314 g/mol. The van der Waals surface area contributed by atoms with Gasteiger partial charge in [-0.15, -0.1) is 0 Å². The summed E-state index contributed by atoms with van der Waals surface area (Å²) in [6.07, 6.45) is 0.445. The number of ether oxygens (including phenoxy) is 1. The molecule has 1 N–H and O–H groups in total. The van der Waals surface area contributed by atoms with Gasteiger partial charge in [-0.3, -0.25) is 19.7 Å². The molecule has 2 aromatic rings. The Balaban J connectivity index is 1.99. The van der Waals surface area contributed by atoms with E-state index in [9.17, 15) is 19.7 Å². The van der Waals surface area contributed by atoms with Gasteiger partial charge in [-0.05, 0) is 25.1 Å². The van der Waals surface area contributed by atoms with Crippen LogP contribution in [0.2, 0.25) is 0 Å². The number of nitro groups is 1. The summed E-state index contributed by atoms with van der Waals surface area (Å²) in [5, 5.41) is 13.3. The molecule has 2 aromatic carbocycles. The van der Waals surface area contributed by atoms with Crippen molar-refractivity contribution in [2.45, 2.75) is 6.92 Å². The fourth-order valence-electron chi connectivity index (χ4n) is 1.85. The van der Waals surface area contributed by atoms with Crippen LogP contribution in [0.4, 0.5) is 11.4 Å². The van der Waals surface area contributed by atoms with Crippen molar-refractivity contribution in [1.29, 1.82) is 0 Å². The van der Waals surface area contributed by atoms with Crippen LogP contribution in [0.1, 0.15) is 15.9 Å². The number of aldehydes is 1. The largest absolute Gasteiger partial charge is 0.483 e. The third-order valence-corrected chi connectivity index (χ3v) is 3.03. The van der Waals surface area contributed by atoms with Crippen molar-refractivity contribution < 1.29 is 19.2 Å². The summed E-state index contributed by atoms with van der Waals surface area (Å²) in [4.78, 5) is 32.8. The zero-order chi connectivity index (χ0) is 16.8. The highest BCUT2D eigenvalue weighted by Crippen LogP contribution is 2.22. The fraction of sp³-hybridized carbons (Fsp3) is 0.125. The van der Waals surface area contributed by atoms with Gasteiger partial charge in [-0.2, -0.15) is 0 Å². The van der Waals surface area contributed by atoms with Gasteiger partial charge in [0.2, 0.25) is 0 Å². The Hall–Kier alpha value is -3.22. The number of hydrogen-bond acceptors (Lipinski definition) is 5. The molecule has 0 aromatic heterocycles. The molecule has 0 aliphatic carbocycles. The Morgan fingerprint density at radius 3 is 2.57 bits per heavy atom. The minimum atomic E-state index is -0.610. The predicted octanol–water partition coefficient (Wildman–Crippen LogP) is 2.73. The van der Waals surface area contributed by atoms with Crippen molar-refractivity contribution in [3.8, 4) is 5.75 Å². The van der Waals surface area contributed by atoms with Gasteiger partial charge < -0.3 is 10.1 Å². The molecule has 0 unspecified atom stereocenters. The quantitative estimate of drug-likeness (QED) is 0.502. The van der Waals surface area contributed by atoms with E-state index in [0.717, 1.165) is 11.6 Å². The number of carbonyl (C=O) groups excluding carboxylic acids is 2. The van der Waals surface area contributed by atoms with Gasteiger partial charge in [0.1, 0.15) is 5.75 Å². The van der Waals surface area contributed by atoms with Crippen LogP contribution in [0.5, 0.6) is 5.75 Å².